The van der Waals surface area contributed by atoms with E-state index in [4.69, 9.17) is 4.74 Å². The lowest BCUT2D eigenvalue weighted by Crippen LogP contribution is -2.57. The van der Waals surface area contributed by atoms with Gasteiger partial charge in [-0.1, -0.05) is 42.5 Å². The summed E-state index contributed by atoms with van der Waals surface area (Å²) in [6.07, 6.45) is 3.52. The third-order valence-electron chi connectivity index (χ3n) is 5.56. The van der Waals surface area contributed by atoms with Gasteiger partial charge in [0.05, 0.1) is 0 Å². The summed E-state index contributed by atoms with van der Waals surface area (Å²) >= 11 is 0. The van der Waals surface area contributed by atoms with Gasteiger partial charge >= 0.3 is 0 Å². The standard InChI is InChI=1S/C23H28N2O2/c1-18-6-5-9-22(14-18)27-17-23(26)25-13-12-24(20-10-11-20)16-21(25)15-19-7-3-2-4-8-19/h2-9,14,20-21H,10-13,15-17H2,1H3. The number of amides is 1. The van der Waals surface area contributed by atoms with E-state index in [-0.39, 0.29) is 18.6 Å². The maximum atomic E-state index is 12.9. The molecule has 1 atom stereocenters. The highest BCUT2D eigenvalue weighted by atomic mass is 16.5. The molecule has 0 spiro atoms. The Bertz CT molecular complexity index is 773. The third kappa shape index (κ3) is 4.69. The van der Waals surface area contributed by atoms with Crippen LogP contribution < -0.4 is 4.74 Å². The molecule has 0 bridgehead atoms. The van der Waals surface area contributed by atoms with Gasteiger partial charge in [-0.05, 0) is 49.4 Å². The molecule has 4 heteroatoms. The van der Waals surface area contributed by atoms with Crippen LogP contribution in [-0.4, -0.2) is 54.0 Å². The second-order valence-electron chi connectivity index (χ2n) is 7.76. The molecule has 4 nitrogen and oxygen atoms in total. The van der Waals surface area contributed by atoms with E-state index in [1.165, 1.54) is 18.4 Å². The first kappa shape index (κ1) is 18.1. The number of benzene rings is 2. The first-order valence-electron chi connectivity index (χ1n) is 9.96. The Hall–Kier alpha value is -2.33. The van der Waals surface area contributed by atoms with Crippen LogP contribution in [0.15, 0.2) is 54.6 Å². The second kappa shape index (κ2) is 8.13. The normalized spacial score (nSPS) is 20.5. The van der Waals surface area contributed by atoms with E-state index in [9.17, 15) is 4.79 Å². The minimum absolute atomic E-state index is 0.0906. The van der Waals surface area contributed by atoms with E-state index in [2.05, 4.69) is 29.2 Å². The topological polar surface area (TPSA) is 32.8 Å². The minimum atomic E-state index is 0.0906. The molecule has 1 aliphatic heterocycles. The van der Waals surface area contributed by atoms with Gasteiger partial charge in [0.1, 0.15) is 5.75 Å². The van der Waals surface area contributed by atoms with Crippen molar-refractivity contribution in [2.24, 2.45) is 0 Å². The largest absolute Gasteiger partial charge is 0.484 e. The highest BCUT2D eigenvalue weighted by Crippen LogP contribution is 2.29. The van der Waals surface area contributed by atoms with Crippen LogP contribution in [0.2, 0.25) is 0 Å². The number of carbonyl (C=O) groups is 1. The van der Waals surface area contributed by atoms with Gasteiger partial charge in [-0.3, -0.25) is 9.69 Å². The molecular weight excluding hydrogens is 336 g/mol. The maximum absolute atomic E-state index is 12.9. The van der Waals surface area contributed by atoms with Crippen molar-refractivity contribution in [3.63, 3.8) is 0 Å². The van der Waals surface area contributed by atoms with Gasteiger partial charge in [0.25, 0.3) is 5.91 Å². The van der Waals surface area contributed by atoms with Gasteiger partial charge in [0.15, 0.2) is 6.61 Å². The smallest absolute Gasteiger partial charge is 0.260 e. The lowest BCUT2D eigenvalue weighted by Gasteiger charge is -2.41. The van der Waals surface area contributed by atoms with E-state index in [1.807, 2.05) is 42.2 Å². The van der Waals surface area contributed by atoms with E-state index in [0.717, 1.165) is 43.4 Å². The quantitative estimate of drug-likeness (QED) is 0.788. The van der Waals surface area contributed by atoms with Crippen molar-refractivity contribution in [1.29, 1.82) is 0 Å². The Kier molecular flexibility index (Phi) is 5.44. The summed E-state index contributed by atoms with van der Waals surface area (Å²) < 4.78 is 5.78. The van der Waals surface area contributed by atoms with Crippen LogP contribution in [0.3, 0.4) is 0 Å². The highest BCUT2D eigenvalue weighted by molar-refractivity contribution is 5.78. The monoisotopic (exact) mass is 364 g/mol. The summed E-state index contributed by atoms with van der Waals surface area (Å²) in [5.41, 5.74) is 2.43. The molecule has 4 rings (SSSR count). The molecule has 27 heavy (non-hydrogen) atoms. The number of hydrogen-bond acceptors (Lipinski definition) is 3. The van der Waals surface area contributed by atoms with Crippen LogP contribution in [0.25, 0.3) is 0 Å². The molecule has 0 radical (unpaired) electrons. The lowest BCUT2D eigenvalue weighted by atomic mass is 10.0. The zero-order chi connectivity index (χ0) is 18.6. The van der Waals surface area contributed by atoms with Crippen molar-refractivity contribution in [3.05, 3.63) is 65.7 Å². The highest BCUT2D eigenvalue weighted by Gasteiger charge is 2.37. The van der Waals surface area contributed by atoms with Gasteiger partial charge < -0.3 is 9.64 Å². The fourth-order valence-electron chi connectivity index (χ4n) is 3.97. The average molecular weight is 364 g/mol. The van der Waals surface area contributed by atoms with Gasteiger partial charge in [-0.2, -0.15) is 0 Å². The van der Waals surface area contributed by atoms with Crippen LogP contribution in [0.5, 0.6) is 5.75 Å². The van der Waals surface area contributed by atoms with E-state index in [0.29, 0.717) is 0 Å². The number of aryl methyl sites for hydroxylation is 1. The summed E-state index contributed by atoms with van der Waals surface area (Å²) in [6, 6.07) is 19.3. The number of hydrogen-bond donors (Lipinski definition) is 0. The Morgan fingerprint density at radius 1 is 1.07 bits per heavy atom. The lowest BCUT2D eigenvalue weighted by molar-refractivity contribution is -0.138. The number of rotatable bonds is 6. The molecule has 1 saturated heterocycles. The molecule has 142 valence electrons. The van der Waals surface area contributed by atoms with Crippen LogP contribution >= 0.6 is 0 Å². The Morgan fingerprint density at radius 3 is 2.63 bits per heavy atom. The van der Waals surface area contributed by atoms with Crippen molar-refractivity contribution in [3.8, 4) is 5.75 Å². The number of nitrogens with zero attached hydrogens (tertiary/aromatic N) is 2. The van der Waals surface area contributed by atoms with Gasteiger partial charge in [0.2, 0.25) is 0 Å². The fraction of sp³-hybridized carbons (Fsp3) is 0.435. The number of carbonyl (C=O) groups excluding carboxylic acids is 1. The molecule has 1 saturated carbocycles. The molecule has 1 amide bonds. The zero-order valence-electron chi connectivity index (χ0n) is 16.0. The fourth-order valence-corrected chi connectivity index (χ4v) is 3.97. The van der Waals surface area contributed by atoms with Crippen molar-refractivity contribution < 1.29 is 9.53 Å². The van der Waals surface area contributed by atoms with Gasteiger partial charge in [-0.25, -0.2) is 0 Å². The molecule has 2 aromatic rings. The molecule has 2 fully saturated rings. The van der Waals surface area contributed by atoms with Crippen molar-refractivity contribution >= 4 is 5.91 Å². The predicted molar refractivity (Wildman–Crippen MR) is 107 cm³/mol. The van der Waals surface area contributed by atoms with Gasteiger partial charge in [0, 0.05) is 31.7 Å². The van der Waals surface area contributed by atoms with Crippen molar-refractivity contribution in [2.75, 3.05) is 26.2 Å². The maximum Gasteiger partial charge on any atom is 0.260 e. The average Bonchev–Trinajstić information content (AvgIpc) is 3.52. The molecule has 0 N–H and O–H groups in total. The van der Waals surface area contributed by atoms with Crippen molar-refractivity contribution in [2.45, 2.75) is 38.3 Å². The second-order valence-corrected chi connectivity index (χ2v) is 7.76. The van der Waals surface area contributed by atoms with Crippen LogP contribution in [-0.2, 0) is 11.2 Å². The summed E-state index contributed by atoms with van der Waals surface area (Å²) in [4.78, 5) is 17.5. The molecular formula is C23H28N2O2. The first-order chi connectivity index (χ1) is 13.2. The third-order valence-corrected chi connectivity index (χ3v) is 5.56. The van der Waals surface area contributed by atoms with E-state index < -0.39 is 0 Å². The first-order valence-corrected chi connectivity index (χ1v) is 9.96. The van der Waals surface area contributed by atoms with Crippen molar-refractivity contribution in [1.82, 2.24) is 9.80 Å². The zero-order valence-corrected chi connectivity index (χ0v) is 16.0. The number of piperazine rings is 1. The Labute approximate surface area is 161 Å². The summed E-state index contributed by atoms with van der Waals surface area (Å²) in [5.74, 6) is 0.854. The summed E-state index contributed by atoms with van der Waals surface area (Å²) in [6.45, 7) is 4.88. The SMILES string of the molecule is Cc1cccc(OCC(=O)N2CCN(C3CC3)CC2Cc2ccccc2)c1. The Morgan fingerprint density at radius 2 is 1.89 bits per heavy atom. The molecule has 2 aromatic carbocycles. The molecule has 1 unspecified atom stereocenters. The molecule has 2 aliphatic rings. The molecule has 1 heterocycles. The molecule has 1 aliphatic carbocycles. The summed E-state index contributed by atoms with van der Waals surface area (Å²) in [5, 5.41) is 0. The number of ether oxygens (including phenoxy) is 1. The van der Waals surface area contributed by atoms with Crippen LogP contribution in [0.4, 0.5) is 0 Å². The summed E-state index contributed by atoms with van der Waals surface area (Å²) in [7, 11) is 0. The predicted octanol–water partition coefficient (Wildman–Crippen LogP) is 3.29. The van der Waals surface area contributed by atoms with Crippen LogP contribution in [0, 0.1) is 6.92 Å². The Balaban J connectivity index is 1.42. The van der Waals surface area contributed by atoms with Gasteiger partial charge in [-0.15, -0.1) is 0 Å². The van der Waals surface area contributed by atoms with Crippen LogP contribution in [0.1, 0.15) is 24.0 Å². The van der Waals surface area contributed by atoms with E-state index >= 15 is 0 Å². The van der Waals surface area contributed by atoms with E-state index in [1.54, 1.807) is 0 Å². The minimum Gasteiger partial charge on any atom is -0.484 e. The molecule has 0 aromatic heterocycles.